The lowest BCUT2D eigenvalue weighted by Gasteiger charge is -2.36. The number of benzene rings is 1. The summed E-state index contributed by atoms with van der Waals surface area (Å²) in [4.78, 5) is 12.5. The average molecular weight is 352 g/mol. The Kier molecular flexibility index (Phi) is 7.04. The Labute approximate surface area is 147 Å². The van der Waals surface area contributed by atoms with E-state index in [9.17, 15) is 10.1 Å². The molecule has 6 heteroatoms. The molecule has 1 aliphatic rings. The predicted molar refractivity (Wildman–Crippen MR) is 89.7 cm³/mol. The molecule has 0 radical (unpaired) electrons. The number of carbonyl (C=O) groups is 1. The molecule has 0 amide bonds. The lowest BCUT2D eigenvalue weighted by atomic mass is 9.66. The number of hydrogen-bond donors (Lipinski definition) is 0. The fourth-order valence-corrected chi connectivity index (χ4v) is 3.23. The number of nitrogens with zero attached hydrogens (tertiary/aromatic N) is 1. The summed E-state index contributed by atoms with van der Waals surface area (Å²) in [5.74, 6) is -1.43. The van der Waals surface area contributed by atoms with Gasteiger partial charge in [-0.15, -0.1) is 0 Å². The molecule has 0 N–H and O–H groups in total. The van der Waals surface area contributed by atoms with Gasteiger partial charge in [-0.05, 0) is 37.5 Å². The molecule has 0 bridgehead atoms. The van der Waals surface area contributed by atoms with Crippen molar-refractivity contribution in [1.82, 2.24) is 0 Å². The molecule has 0 saturated carbocycles. The highest BCUT2D eigenvalue weighted by atomic mass is 35.5. The van der Waals surface area contributed by atoms with E-state index in [1.165, 1.54) is 0 Å². The van der Waals surface area contributed by atoms with Crippen LogP contribution >= 0.6 is 11.6 Å². The van der Waals surface area contributed by atoms with Gasteiger partial charge < -0.3 is 14.2 Å². The van der Waals surface area contributed by atoms with Gasteiger partial charge in [-0.1, -0.05) is 23.7 Å². The van der Waals surface area contributed by atoms with Gasteiger partial charge in [-0.2, -0.15) is 5.26 Å². The third kappa shape index (κ3) is 4.27. The summed E-state index contributed by atoms with van der Waals surface area (Å²) in [7, 11) is 0. The third-order valence-electron chi connectivity index (χ3n) is 4.38. The van der Waals surface area contributed by atoms with Crippen molar-refractivity contribution in [3.8, 4) is 6.07 Å². The van der Waals surface area contributed by atoms with Gasteiger partial charge in [-0.3, -0.25) is 4.79 Å². The molecule has 5 nitrogen and oxygen atoms in total. The Bertz CT molecular complexity index is 572. The van der Waals surface area contributed by atoms with Crippen molar-refractivity contribution >= 4 is 17.6 Å². The van der Waals surface area contributed by atoms with E-state index < -0.39 is 17.3 Å². The van der Waals surface area contributed by atoms with E-state index in [0.29, 0.717) is 44.3 Å². The minimum Gasteiger partial charge on any atom is -0.465 e. The van der Waals surface area contributed by atoms with Gasteiger partial charge in [0.1, 0.15) is 0 Å². The van der Waals surface area contributed by atoms with Crippen molar-refractivity contribution in [1.29, 1.82) is 5.26 Å². The summed E-state index contributed by atoms with van der Waals surface area (Å²) in [5.41, 5.74) is 0.149. The Morgan fingerprint density at radius 3 is 2.33 bits per heavy atom. The lowest BCUT2D eigenvalue weighted by Crippen LogP contribution is -2.42. The zero-order valence-electron chi connectivity index (χ0n) is 13.8. The van der Waals surface area contributed by atoms with Crippen LogP contribution in [0.2, 0.25) is 5.02 Å². The normalized spacial score (nSPS) is 19.2. The standard InChI is InChI=1S/C18H22ClNO4/c1-2-24-17(21)16(13-20)18(14-3-5-15(19)6-4-14)7-9-22-11-12-23-10-8-18/h3-6,16H,2,7-12H2,1H3. The van der Waals surface area contributed by atoms with Crippen LogP contribution in [0, 0.1) is 17.2 Å². The molecule has 2 rings (SSSR count). The average Bonchev–Trinajstić information content (AvgIpc) is 2.69. The molecule has 1 unspecified atom stereocenters. The second-order valence-electron chi connectivity index (χ2n) is 5.70. The van der Waals surface area contributed by atoms with Crippen molar-refractivity contribution in [2.24, 2.45) is 5.92 Å². The number of hydrogen-bond acceptors (Lipinski definition) is 5. The van der Waals surface area contributed by atoms with Crippen LogP contribution in [0.25, 0.3) is 0 Å². The minimum absolute atomic E-state index is 0.237. The Balaban J connectivity index is 2.46. The van der Waals surface area contributed by atoms with E-state index in [0.717, 1.165) is 5.56 Å². The number of ether oxygens (including phenoxy) is 3. The van der Waals surface area contributed by atoms with Crippen LogP contribution in [0.1, 0.15) is 25.3 Å². The SMILES string of the molecule is CCOC(=O)C(C#N)C1(c2ccc(Cl)cc2)CCOCCOCC1. The highest BCUT2D eigenvalue weighted by molar-refractivity contribution is 6.30. The lowest BCUT2D eigenvalue weighted by molar-refractivity contribution is -0.148. The zero-order valence-corrected chi connectivity index (χ0v) is 14.6. The Morgan fingerprint density at radius 2 is 1.83 bits per heavy atom. The van der Waals surface area contributed by atoms with E-state index in [2.05, 4.69) is 6.07 Å². The molecule has 1 aromatic carbocycles. The number of esters is 1. The topological polar surface area (TPSA) is 68.6 Å². The van der Waals surface area contributed by atoms with Crippen LogP contribution < -0.4 is 0 Å². The monoisotopic (exact) mass is 351 g/mol. The molecule has 1 heterocycles. The maximum atomic E-state index is 12.5. The minimum atomic E-state index is -0.927. The molecule has 1 aliphatic heterocycles. The maximum absolute atomic E-state index is 12.5. The summed E-state index contributed by atoms with van der Waals surface area (Å²) >= 11 is 6.00. The fraction of sp³-hybridized carbons (Fsp3) is 0.556. The van der Waals surface area contributed by atoms with Crippen molar-refractivity contribution < 1.29 is 19.0 Å². The molecular weight excluding hydrogens is 330 g/mol. The van der Waals surface area contributed by atoms with Gasteiger partial charge in [-0.25, -0.2) is 0 Å². The summed E-state index contributed by atoms with van der Waals surface area (Å²) in [6, 6.07) is 9.43. The van der Waals surface area contributed by atoms with Gasteiger partial charge in [0.15, 0.2) is 5.92 Å². The van der Waals surface area contributed by atoms with Crippen molar-refractivity contribution in [3.05, 3.63) is 34.9 Å². The first kappa shape index (κ1) is 18.7. The second-order valence-corrected chi connectivity index (χ2v) is 6.14. The van der Waals surface area contributed by atoms with E-state index in [-0.39, 0.29) is 6.61 Å². The zero-order chi connectivity index (χ0) is 17.4. The van der Waals surface area contributed by atoms with Crippen LogP contribution in [0.4, 0.5) is 0 Å². The molecule has 1 atom stereocenters. The van der Waals surface area contributed by atoms with E-state index in [1.54, 1.807) is 19.1 Å². The molecule has 130 valence electrons. The van der Waals surface area contributed by atoms with Crippen LogP contribution in [0.5, 0.6) is 0 Å². The number of carbonyl (C=O) groups excluding carboxylic acids is 1. The van der Waals surface area contributed by atoms with Gasteiger partial charge in [0.05, 0.1) is 25.9 Å². The summed E-state index contributed by atoms with van der Waals surface area (Å²) in [5, 5.41) is 10.3. The molecule has 0 aliphatic carbocycles. The first-order valence-corrected chi connectivity index (χ1v) is 8.49. The Hall–Kier alpha value is -1.61. The van der Waals surface area contributed by atoms with Gasteiger partial charge in [0.2, 0.25) is 0 Å². The molecule has 1 fully saturated rings. The molecule has 0 aromatic heterocycles. The van der Waals surface area contributed by atoms with Crippen LogP contribution in [0.15, 0.2) is 24.3 Å². The van der Waals surface area contributed by atoms with Crippen molar-refractivity contribution in [3.63, 3.8) is 0 Å². The van der Waals surface area contributed by atoms with Crippen LogP contribution in [-0.2, 0) is 24.4 Å². The van der Waals surface area contributed by atoms with Gasteiger partial charge in [0.25, 0.3) is 0 Å². The van der Waals surface area contributed by atoms with E-state index >= 15 is 0 Å². The molecular formula is C18H22ClNO4. The molecule has 0 spiro atoms. The highest BCUT2D eigenvalue weighted by Gasteiger charge is 2.45. The number of rotatable bonds is 4. The number of nitriles is 1. The van der Waals surface area contributed by atoms with Gasteiger partial charge >= 0.3 is 5.97 Å². The molecule has 1 saturated heterocycles. The summed E-state index contributed by atoms with van der Waals surface area (Å²) in [6.07, 6.45) is 1.07. The molecule has 24 heavy (non-hydrogen) atoms. The second kappa shape index (κ2) is 9.03. The van der Waals surface area contributed by atoms with Crippen LogP contribution in [-0.4, -0.2) is 39.0 Å². The van der Waals surface area contributed by atoms with E-state index in [1.807, 2.05) is 12.1 Å². The first-order valence-electron chi connectivity index (χ1n) is 8.12. The van der Waals surface area contributed by atoms with Crippen molar-refractivity contribution in [2.75, 3.05) is 33.0 Å². The van der Waals surface area contributed by atoms with Gasteiger partial charge in [0, 0.05) is 23.7 Å². The largest absolute Gasteiger partial charge is 0.465 e. The third-order valence-corrected chi connectivity index (χ3v) is 4.63. The van der Waals surface area contributed by atoms with E-state index in [4.69, 9.17) is 25.8 Å². The smallest absolute Gasteiger partial charge is 0.324 e. The Morgan fingerprint density at radius 1 is 1.25 bits per heavy atom. The first-order chi connectivity index (χ1) is 11.6. The van der Waals surface area contributed by atoms with Crippen LogP contribution in [0.3, 0.4) is 0 Å². The summed E-state index contributed by atoms with van der Waals surface area (Å²) < 4.78 is 16.3. The number of halogens is 1. The predicted octanol–water partition coefficient (Wildman–Crippen LogP) is 3.11. The fourth-order valence-electron chi connectivity index (χ4n) is 3.11. The van der Waals surface area contributed by atoms with Crippen molar-refractivity contribution in [2.45, 2.75) is 25.2 Å². The molecule has 1 aromatic rings. The maximum Gasteiger partial charge on any atom is 0.324 e. The highest BCUT2D eigenvalue weighted by Crippen LogP contribution is 2.41. The quantitative estimate of drug-likeness (QED) is 0.779. The summed E-state index contributed by atoms with van der Waals surface area (Å²) in [6.45, 7) is 3.88.